The zero-order chi connectivity index (χ0) is 8.97. The molecule has 0 radical (unpaired) electrons. The number of piperidine rings is 1. The Kier molecular flexibility index (Phi) is 4.02. The maximum Gasteiger partial charge on any atom is 0.0192 e. The van der Waals surface area contributed by atoms with E-state index in [1.165, 1.54) is 32.4 Å². The highest BCUT2D eigenvalue weighted by Gasteiger charge is 2.20. The summed E-state index contributed by atoms with van der Waals surface area (Å²) < 4.78 is 0. The van der Waals surface area contributed by atoms with Crippen LogP contribution in [0.5, 0.6) is 0 Å². The average molecular weight is 170 g/mol. The lowest BCUT2D eigenvalue weighted by Crippen LogP contribution is -2.47. The molecule has 72 valence electrons. The van der Waals surface area contributed by atoms with Gasteiger partial charge in [-0.2, -0.15) is 0 Å². The van der Waals surface area contributed by atoms with Gasteiger partial charge in [0.2, 0.25) is 0 Å². The minimum atomic E-state index is 0.729. The molecule has 0 amide bonds. The highest BCUT2D eigenvalue weighted by molar-refractivity contribution is 4.79. The fourth-order valence-corrected chi connectivity index (χ4v) is 1.90. The molecule has 0 bridgehead atoms. The Hall–Kier alpha value is -0.0800. The van der Waals surface area contributed by atoms with Crippen LogP contribution >= 0.6 is 0 Å². The van der Waals surface area contributed by atoms with Crippen molar-refractivity contribution in [3.8, 4) is 0 Å². The van der Waals surface area contributed by atoms with E-state index >= 15 is 0 Å². The lowest BCUT2D eigenvalue weighted by molar-refractivity contribution is 0.146. The Labute approximate surface area is 76.3 Å². The largest absolute Gasteiger partial charge is 0.316 e. The van der Waals surface area contributed by atoms with Crippen LogP contribution in [-0.2, 0) is 0 Å². The first kappa shape index (κ1) is 10.0. The molecule has 0 aromatic carbocycles. The first-order valence-electron chi connectivity index (χ1n) is 5.19. The summed E-state index contributed by atoms with van der Waals surface area (Å²) in [4.78, 5) is 2.60. The van der Waals surface area contributed by atoms with Gasteiger partial charge in [-0.25, -0.2) is 0 Å². The minimum absolute atomic E-state index is 0.729. The zero-order valence-electron chi connectivity index (χ0n) is 8.64. The normalized spacial score (nSPS) is 28.8. The van der Waals surface area contributed by atoms with Gasteiger partial charge in [0.15, 0.2) is 0 Å². The van der Waals surface area contributed by atoms with E-state index in [2.05, 4.69) is 31.1 Å². The van der Waals surface area contributed by atoms with Crippen molar-refractivity contribution in [3.63, 3.8) is 0 Å². The number of hydrogen-bond acceptors (Lipinski definition) is 2. The van der Waals surface area contributed by atoms with E-state index in [-0.39, 0.29) is 0 Å². The van der Waals surface area contributed by atoms with E-state index in [4.69, 9.17) is 0 Å². The van der Waals surface area contributed by atoms with Gasteiger partial charge in [0.1, 0.15) is 0 Å². The summed E-state index contributed by atoms with van der Waals surface area (Å²) in [5.74, 6) is 0. The molecule has 1 unspecified atom stereocenters. The van der Waals surface area contributed by atoms with E-state index in [9.17, 15) is 0 Å². The summed E-state index contributed by atoms with van der Waals surface area (Å²) in [5, 5.41) is 3.37. The van der Waals surface area contributed by atoms with Crippen molar-refractivity contribution in [2.75, 3.05) is 20.1 Å². The number of likely N-dealkylation sites (N-methyl/N-ethyl adjacent to an activating group) is 1. The van der Waals surface area contributed by atoms with Crippen LogP contribution in [0.1, 0.15) is 33.1 Å². The Morgan fingerprint density at radius 1 is 1.58 bits per heavy atom. The molecule has 1 aliphatic heterocycles. The lowest BCUT2D eigenvalue weighted by Gasteiger charge is -2.36. The topological polar surface area (TPSA) is 15.3 Å². The van der Waals surface area contributed by atoms with Crippen LogP contribution in [0.4, 0.5) is 0 Å². The molecule has 1 heterocycles. The second-order valence-electron chi connectivity index (χ2n) is 3.88. The summed E-state index contributed by atoms with van der Waals surface area (Å²) in [6, 6.07) is 1.49. The monoisotopic (exact) mass is 170 g/mol. The quantitative estimate of drug-likeness (QED) is 0.690. The van der Waals surface area contributed by atoms with Gasteiger partial charge in [0.25, 0.3) is 0 Å². The van der Waals surface area contributed by atoms with Crippen molar-refractivity contribution < 1.29 is 0 Å². The molecule has 2 nitrogen and oxygen atoms in total. The number of likely N-dealkylation sites (tertiary alicyclic amines) is 1. The van der Waals surface area contributed by atoms with Crippen molar-refractivity contribution in [2.45, 2.75) is 45.2 Å². The van der Waals surface area contributed by atoms with Crippen LogP contribution in [0.3, 0.4) is 0 Å². The van der Waals surface area contributed by atoms with E-state index in [0.29, 0.717) is 0 Å². The predicted octanol–water partition coefficient (Wildman–Crippen LogP) is 1.47. The van der Waals surface area contributed by atoms with Gasteiger partial charge >= 0.3 is 0 Å². The van der Waals surface area contributed by atoms with Gasteiger partial charge in [-0.3, -0.25) is 4.90 Å². The molecule has 1 N–H and O–H groups in total. The summed E-state index contributed by atoms with van der Waals surface area (Å²) in [7, 11) is 2.07. The molecule has 1 rings (SSSR count). The minimum Gasteiger partial charge on any atom is -0.316 e. The zero-order valence-corrected chi connectivity index (χ0v) is 8.64. The van der Waals surface area contributed by atoms with Gasteiger partial charge in [-0.05, 0) is 39.8 Å². The number of nitrogens with zero attached hydrogens (tertiary/aromatic N) is 1. The van der Waals surface area contributed by atoms with Crippen LogP contribution in [0.15, 0.2) is 0 Å². The third-order valence-corrected chi connectivity index (χ3v) is 3.08. The van der Waals surface area contributed by atoms with E-state index in [1.54, 1.807) is 0 Å². The van der Waals surface area contributed by atoms with E-state index < -0.39 is 0 Å². The molecule has 1 aliphatic rings. The van der Waals surface area contributed by atoms with Crippen LogP contribution in [0, 0.1) is 0 Å². The van der Waals surface area contributed by atoms with Crippen LogP contribution in [0.25, 0.3) is 0 Å². The first-order valence-corrected chi connectivity index (χ1v) is 5.19. The third kappa shape index (κ3) is 2.46. The highest BCUT2D eigenvalue weighted by atomic mass is 15.2. The SMILES string of the molecule is CCC(C)N1CCC[C@@H](NC)C1. The van der Waals surface area contributed by atoms with Crippen molar-refractivity contribution in [1.82, 2.24) is 10.2 Å². The summed E-state index contributed by atoms with van der Waals surface area (Å²) in [6.45, 7) is 7.14. The molecule has 2 atom stereocenters. The Balaban J connectivity index is 2.34. The van der Waals surface area contributed by atoms with Crippen molar-refractivity contribution in [3.05, 3.63) is 0 Å². The second kappa shape index (κ2) is 4.83. The molecule has 0 aliphatic carbocycles. The van der Waals surface area contributed by atoms with Crippen LogP contribution in [0.2, 0.25) is 0 Å². The predicted molar refractivity (Wildman–Crippen MR) is 53.4 cm³/mol. The van der Waals surface area contributed by atoms with Crippen molar-refractivity contribution in [2.24, 2.45) is 0 Å². The molecule has 1 saturated heterocycles. The van der Waals surface area contributed by atoms with Crippen LogP contribution < -0.4 is 5.32 Å². The molecule has 1 fully saturated rings. The van der Waals surface area contributed by atoms with Gasteiger partial charge in [0, 0.05) is 18.6 Å². The van der Waals surface area contributed by atoms with E-state index in [1.807, 2.05) is 0 Å². The van der Waals surface area contributed by atoms with Gasteiger partial charge in [0.05, 0.1) is 0 Å². The Morgan fingerprint density at radius 2 is 2.33 bits per heavy atom. The molecule has 0 aromatic rings. The summed E-state index contributed by atoms with van der Waals surface area (Å²) >= 11 is 0. The van der Waals surface area contributed by atoms with E-state index in [0.717, 1.165) is 12.1 Å². The van der Waals surface area contributed by atoms with Gasteiger partial charge in [-0.15, -0.1) is 0 Å². The maximum atomic E-state index is 3.37. The Bertz CT molecular complexity index is 123. The Morgan fingerprint density at radius 3 is 2.92 bits per heavy atom. The van der Waals surface area contributed by atoms with Gasteiger partial charge < -0.3 is 5.32 Å². The molecule has 12 heavy (non-hydrogen) atoms. The van der Waals surface area contributed by atoms with Crippen molar-refractivity contribution in [1.29, 1.82) is 0 Å². The van der Waals surface area contributed by atoms with Crippen molar-refractivity contribution >= 4 is 0 Å². The fraction of sp³-hybridized carbons (Fsp3) is 1.00. The smallest absolute Gasteiger partial charge is 0.0192 e. The first-order chi connectivity index (χ1) is 5.77. The number of rotatable bonds is 3. The van der Waals surface area contributed by atoms with Crippen LogP contribution in [-0.4, -0.2) is 37.1 Å². The molecule has 2 heteroatoms. The second-order valence-corrected chi connectivity index (χ2v) is 3.88. The fourth-order valence-electron chi connectivity index (χ4n) is 1.90. The molecular weight excluding hydrogens is 148 g/mol. The maximum absolute atomic E-state index is 3.37. The summed E-state index contributed by atoms with van der Waals surface area (Å²) in [6.07, 6.45) is 3.98. The lowest BCUT2D eigenvalue weighted by atomic mass is 10.0. The number of hydrogen-bond donors (Lipinski definition) is 1. The molecule has 0 saturated carbocycles. The molecular formula is C10H22N2. The highest BCUT2D eigenvalue weighted by Crippen LogP contribution is 2.13. The molecule has 0 spiro atoms. The standard InChI is InChI=1S/C10H22N2/c1-4-9(2)12-7-5-6-10(8-12)11-3/h9-11H,4-8H2,1-3H3/t9?,10-/m1/s1. The third-order valence-electron chi connectivity index (χ3n) is 3.08. The van der Waals surface area contributed by atoms with Gasteiger partial charge in [-0.1, -0.05) is 6.92 Å². The average Bonchev–Trinajstić information content (AvgIpc) is 2.17. The number of nitrogens with one attached hydrogen (secondary N) is 1. The molecule has 0 aromatic heterocycles. The summed E-state index contributed by atoms with van der Waals surface area (Å²) in [5.41, 5.74) is 0.